The Labute approximate surface area is 119 Å². The highest BCUT2D eigenvalue weighted by molar-refractivity contribution is 5.52. The van der Waals surface area contributed by atoms with E-state index in [1.54, 1.807) is 13.2 Å². The van der Waals surface area contributed by atoms with Gasteiger partial charge in [-0.05, 0) is 43.7 Å². The van der Waals surface area contributed by atoms with Crippen molar-refractivity contribution in [3.8, 4) is 11.8 Å². The molecule has 0 heterocycles. The lowest BCUT2D eigenvalue weighted by atomic mass is 10.0. The minimum absolute atomic E-state index is 0.0968. The van der Waals surface area contributed by atoms with E-state index in [9.17, 15) is 0 Å². The molecule has 0 aromatic heterocycles. The number of methoxy groups -OCH3 is 1. The van der Waals surface area contributed by atoms with E-state index in [-0.39, 0.29) is 6.04 Å². The van der Waals surface area contributed by atoms with Crippen molar-refractivity contribution in [2.24, 2.45) is 0 Å². The summed E-state index contributed by atoms with van der Waals surface area (Å²) in [6, 6.07) is 15.9. The summed E-state index contributed by atoms with van der Waals surface area (Å²) in [5, 5.41) is 12.3. The Morgan fingerprint density at radius 3 is 2.70 bits per heavy atom. The van der Waals surface area contributed by atoms with Crippen LogP contribution in [0.5, 0.6) is 5.75 Å². The molecule has 20 heavy (non-hydrogen) atoms. The Morgan fingerprint density at radius 2 is 2.00 bits per heavy atom. The van der Waals surface area contributed by atoms with Crippen molar-refractivity contribution in [3.05, 3.63) is 59.2 Å². The molecule has 2 aromatic rings. The van der Waals surface area contributed by atoms with Gasteiger partial charge in [0.2, 0.25) is 0 Å². The van der Waals surface area contributed by atoms with Gasteiger partial charge in [-0.15, -0.1) is 0 Å². The topological polar surface area (TPSA) is 45.0 Å². The first kappa shape index (κ1) is 14.0. The Hall–Kier alpha value is -2.47. The number of nitriles is 1. The van der Waals surface area contributed by atoms with Crippen LogP contribution in [-0.2, 0) is 0 Å². The van der Waals surface area contributed by atoms with Crippen molar-refractivity contribution in [1.82, 2.24) is 0 Å². The normalized spacial score (nSPS) is 11.5. The molecule has 0 aliphatic heterocycles. The molecule has 1 atom stereocenters. The molecule has 1 N–H and O–H groups in total. The Bertz CT molecular complexity index is 644. The zero-order valence-corrected chi connectivity index (χ0v) is 12.0. The van der Waals surface area contributed by atoms with Gasteiger partial charge in [0.05, 0.1) is 24.8 Å². The third-order valence-electron chi connectivity index (χ3n) is 3.23. The smallest absolute Gasteiger partial charge is 0.124 e. The number of nitrogens with one attached hydrogen (secondary N) is 1. The summed E-state index contributed by atoms with van der Waals surface area (Å²) in [4.78, 5) is 0. The Balaban J connectivity index is 2.23. The summed E-state index contributed by atoms with van der Waals surface area (Å²) in [5.41, 5.74) is 3.85. The van der Waals surface area contributed by atoms with Crippen molar-refractivity contribution in [2.45, 2.75) is 19.9 Å². The second-order valence-corrected chi connectivity index (χ2v) is 4.80. The molecular formula is C17H18N2O. The van der Waals surface area contributed by atoms with Crippen molar-refractivity contribution in [1.29, 1.82) is 5.26 Å². The van der Waals surface area contributed by atoms with E-state index in [4.69, 9.17) is 10.00 Å². The van der Waals surface area contributed by atoms with Crippen LogP contribution < -0.4 is 10.1 Å². The molecule has 0 saturated carbocycles. The molecule has 0 saturated heterocycles. The van der Waals surface area contributed by atoms with Gasteiger partial charge in [-0.3, -0.25) is 0 Å². The molecule has 0 aliphatic rings. The largest absolute Gasteiger partial charge is 0.496 e. The van der Waals surface area contributed by atoms with Crippen LogP contribution in [-0.4, -0.2) is 7.11 Å². The van der Waals surface area contributed by atoms with Gasteiger partial charge in [0.1, 0.15) is 5.75 Å². The molecule has 0 fully saturated rings. The first-order chi connectivity index (χ1) is 9.63. The van der Waals surface area contributed by atoms with Crippen LogP contribution in [0.1, 0.15) is 29.7 Å². The summed E-state index contributed by atoms with van der Waals surface area (Å²) in [5.74, 6) is 0.876. The van der Waals surface area contributed by atoms with Crippen LogP contribution >= 0.6 is 0 Å². The summed E-state index contributed by atoms with van der Waals surface area (Å²) in [7, 11) is 1.68. The number of ether oxygens (including phenoxy) is 1. The average Bonchev–Trinajstić information content (AvgIpc) is 2.47. The van der Waals surface area contributed by atoms with Crippen LogP contribution in [0.2, 0.25) is 0 Å². The van der Waals surface area contributed by atoms with Gasteiger partial charge in [0.15, 0.2) is 0 Å². The molecule has 0 spiro atoms. The number of hydrogen-bond donors (Lipinski definition) is 1. The van der Waals surface area contributed by atoms with Gasteiger partial charge >= 0.3 is 0 Å². The molecule has 1 unspecified atom stereocenters. The number of rotatable bonds is 4. The number of nitrogens with zero attached hydrogens (tertiary/aromatic N) is 1. The molecule has 0 bridgehead atoms. The molecular weight excluding hydrogens is 248 g/mol. The third-order valence-corrected chi connectivity index (χ3v) is 3.23. The molecule has 102 valence electrons. The molecule has 3 nitrogen and oxygen atoms in total. The van der Waals surface area contributed by atoms with Crippen LogP contribution in [0.4, 0.5) is 5.69 Å². The lowest BCUT2D eigenvalue weighted by Gasteiger charge is -2.19. The predicted molar refractivity (Wildman–Crippen MR) is 80.9 cm³/mol. The average molecular weight is 266 g/mol. The van der Waals surface area contributed by atoms with Crippen molar-refractivity contribution in [2.75, 3.05) is 12.4 Å². The number of aryl methyl sites for hydroxylation is 1. The van der Waals surface area contributed by atoms with Gasteiger partial charge in [-0.2, -0.15) is 5.26 Å². The van der Waals surface area contributed by atoms with Crippen LogP contribution in [0.15, 0.2) is 42.5 Å². The lowest BCUT2D eigenvalue weighted by molar-refractivity contribution is 0.407. The predicted octanol–water partition coefficient (Wildman–Crippen LogP) is 4.05. The second kappa shape index (κ2) is 6.12. The number of hydrogen-bond acceptors (Lipinski definition) is 3. The fraction of sp³-hybridized carbons (Fsp3) is 0.235. The maximum Gasteiger partial charge on any atom is 0.124 e. The molecule has 0 radical (unpaired) electrons. The fourth-order valence-corrected chi connectivity index (χ4v) is 2.18. The third kappa shape index (κ3) is 3.10. The van der Waals surface area contributed by atoms with E-state index < -0.39 is 0 Å². The maximum absolute atomic E-state index is 8.93. The highest BCUT2D eigenvalue weighted by atomic mass is 16.5. The van der Waals surface area contributed by atoms with Crippen molar-refractivity contribution < 1.29 is 4.74 Å². The van der Waals surface area contributed by atoms with Gasteiger partial charge in [0, 0.05) is 11.3 Å². The summed E-state index contributed by atoms with van der Waals surface area (Å²) in [6.45, 7) is 4.12. The van der Waals surface area contributed by atoms with Crippen molar-refractivity contribution >= 4 is 5.69 Å². The quantitative estimate of drug-likeness (QED) is 0.908. The zero-order valence-electron chi connectivity index (χ0n) is 12.0. The molecule has 0 aliphatic carbocycles. The Morgan fingerprint density at radius 1 is 1.20 bits per heavy atom. The van der Waals surface area contributed by atoms with E-state index in [2.05, 4.69) is 30.4 Å². The number of anilines is 1. The first-order valence-corrected chi connectivity index (χ1v) is 6.55. The van der Waals surface area contributed by atoms with E-state index in [0.29, 0.717) is 5.56 Å². The van der Waals surface area contributed by atoms with E-state index in [1.165, 1.54) is 5.56 Å². The lowest BCUT2D eigenvalue weighted by Crippen LogP contribution is -2.08. The second-order valence-electron chi connectivity index (χ2n) is 4.80. The van der Waals surface area contributed by atoms with Gasteiger partial charge in [0.25, 0.3) is 0 Å². The van der Waals surface area contributed by atoms with Crippen LogP contribution in [0.3, 0.4) is 0 Å². The molecule has 3 heteroatoms. The monoisotopic (exact) mass is 266 g/mol. The molecule has 2 aromatic carbocycles. The fourth-order valence-electron chi connectivity index (χ4n) is 2.18. The minimum atomic E-state index is 0.0968. The highest BCUT2D eigenvalue weighted by Gasteiger charge is 2.11. The summed E-state index contributed by atoms with van der Waals surface area (Å²) < 4.78 is 5.44. The first-order valence-electron chi connectivity index (χ1n) is 6.55. The van der Waals surface area contributed by atoms with Gasteiger partial charge in [-0.25, -0.2) is 0 Å². The van der Waals surface area contributed by atoms with Crippen LogP contribution in [0, 0.1) is 18.3 Å². The minimum Gasteiger partial charge on any atom is -0.496 e. The SMILES string of the molecule is COc1cc(C)ccc1C(C)Nc1cccc(C#N)c1. The van der Waals surface area contributed by atoms with Crippen LogP contribution in [0.25, 0.3) is 0 Å². The van der Waals surface area contributed by atoms with E-state index in [1.807, 2.05) is 31.2 Å². The number of benzene rings is 2. The van der Waals surface area contributed by atoms with Crippen molar-refractivity contribution in [3.63, 3.8) is 0 Å². The Kier molecular flexibility index (Phi) is 4.27. The standard InChI is InChI=1S/C17H18N2O/c1-12-7-8-16(17(9-12)20-3)13(2)19-15-6-4-5-14(10-15)11-18/h4-10,13,19H,1-3H3. The van der Waals surface area contributed by atoms with Gasteiger partial charge in [-0.1, -0.05) is 18.2 Å². The maximum atomic E-state index is 8.93. The summed E-state index contributed by atoms with van der Waals surface area (Å²) >= 11 is 0. The summed E-state index contributed by atoms with van der Waals surface area (Å²) in [6.07, 6.45) is 0. The highest BCUT2D eigenvalue weighted by Crippen LogP contribution is 2.28. The molecule has 0 amide bonds. The zero-order chi connectivity index (χ0) is 14.5. The van der Waals surface area contributed by atoms with Gasteiger partial charge < -0.3 is 10.1 Å². The molecule has 2 rings (SSSR count). The van der Waals surface area contributed by atoms with E-state index in [0.717, 1.165) is 17.0 Å². The van der Waals surface area contributed by atoms with E-state index >= 15 is 0 Å².